The maximum Gasteiger partial charge on any atom is 0.389 e. The van der Waals surface area contributed by atoms with Gasteiger partial charge in [0.1, 0.15) is 6.17 Å². The van der Waals surface area contributed by atoms with Gasteiger partial charge in [-0.25, -0.2) is 8.42 Å². The highest BCUT2D eigenvalue weighted by molar-refractivity contribution is 7.92. The number of benzene rings is 2. The van der Waals surface area contributed by atoms with E-state index in [-0.39, 0.29) is 22.9 Å². The molecule has 0 radical (unpaired) electrons. The summed E-state index contributed by atoms with van der Waals surface area (Å²) < 4.78 is 63.8. The van der Waals surface area contributed by atoms with Gasteiger partial charge in [0.2, 0.25) is 0 Å². The topological polar surface area (TPSA) is 73.2 Å². The Balaban J connectivity index is 1.91. The van der Waals surface area contributed by atoms with Crippen LogP contribution >= 0.6 is 0 Å². The lowest BCUT2D eigenvalue weighted by molar-refractivity contribution is -0.135. The first-order chi connectivity index (χ1) is 16.1. The van der Waals surface area contributed by atoms with Crippen LogP contribution in [0.15, 0.2) is 47.4 Å². The quantitative estimate of drug-likeness (QED) is 0.427. The standard InChI is InChI=1S/C26H32F3N3O2S/c1-24(2,3)23-31-21-16-20(12-13-22(21)32(23)15-7-6-14-26(27,28)29)35(33,34)25(4,5)19-10-8-18(17-30)9-11-19/h8-13,16,23,31H,6-7,14-15H2,1-5H3. The fraction of sp³-hybridized carbons (Fsp3) is 0.500. The Labute approximate surface area is 205 Å². The van der Waals surface area contributed by atoms with Gasteiger partial charge in [-0.3, -0.25) is 0 Å². The van der Waals surface area contributed by atoms with Gasteiger partial charge in [0.05, 0.1) is 32.6 Å². The Bertz CT molecular complexity index is 1210. The Hall–Kier alpha value is -2.73. The lowest BCUT2D eigenvalue weighted by atomic mass is 9.91. The normalized spacial score (nSPS) is 16.5. The fourth-order valence-electron chi connectivity index (χ4n) is 4.35. The van der Waals surface area contributed by atoms with E-state index in [0.717, 1.165) is 5.69 Å². The number of unbranched alkanes of at least 4 members (excludes halogenated alkanes) is 1. The predicted molar refractivity (Wildman–Crippen MR) is 132 cm³/mol. The van der Waals surface area contributed by atoms with Crippen LogP contribution in [0.1, 0.15) is 65.0 Å². The van der Waals surface area contributed by atoms with Gasteiger partial charge in [0.25, 0.3) is 0 Å². The molecule has 1 N–H and O–H groups in total. The van der Waals surface area contributed by atoms with E-state index in [9.17, 15) is 21.6 Å². The van der Waals surface area contributed by atoms with E-state index < -0.39 is 27.2 Å². The van der Waals surface area contributed by atoms with Gasteiger partial charge in [-0.15, -0.1) is 0 Å². The summed E-state index contributed by atoms with van der Waals surface area (Å²) in [6.07, 6.45) is -4.76. The highest BCUT2D eigenvalue weighted by Gasteiger charge is 2.41. The number of nitriles is 1. The maximum absolute atomic E-state index is 13.7. The number of hydrogen-bond donors (Lipinski definition) is 1. The van der Waals surface area contributed by atoms with Crippen molar-refractivity contribution in [2.24, 2.45) is 5.41 Å². The van der Waals surface area contributed by atoms with E-state index >= 15 is 0 Å². The zero-order valence-electron chi connectivity index (χ0n) is 20.7. The van der Waals surface area contributed by atoms with Crippen molar-refractivity contribution >= 4 is 21.2 Å². The van der Waals surface area contributed by atoms with E-state index in [1.807, 2.05) is 31.7 Å². The molecule has 1 heterocycles. The molecule has 0 amide bonds. The minimum atomic E-state index is -4.17. The van der Waals surface area contributed by atoms with Crippen LogP contribution in [0.3, 0.4) is 0 Å². The van der Waals surface area contributed by atoms with Crippen LogP contribution in [0.25, 0.3) is 0 Å². The molecule has 5 nitrogen and oxygen atoms in total. The summed E-state index contributed by atoms with van der Waals surface area (Å²) in [5.74, 6) is 0. The van der Waals surface area contributed by atoms with E-state index in [1.54, 1.807) is 56.3 Å². The Kier molecular flexibility index (Phi) is 7.20. The van der Waals surface area contributed by atoms with Gasteiger partial charge in [-0.05, 0) is 62.6 Å². The van der Waals surface area contributed by atoms with Gasteiger partial charge in [0, 0.05) is 18.4 Å². The van der Waals surface area contributed by atoms with Crippen molar-refractivity contribution in [2.75, 3.05) is 16.8 Å². The van der Waals surface area contributed by atoms with Crippen molar-refractivity contribution < 1.29 is 21.6 Å². The lowest BCUT2D eigenvalue weighted by Gasteiger charge is -2.36. The number of halogens is 3. The number of fused-ring (bicyclic) bond motifs is 1. The van der Waals surface area contributed by atoms with Gasteiger partial charge < -0.3 is 10.2 Å². The Morgan fingerprint density at radius 1 is 1.00 bits per heavy atom. The number of nitrogens with one attached hydrogen (secondary N) is 1. The molecule has 1 unspecified atom stereocenters. The van der Waals surface area contributed by atoms with Crippen molar-refractivity contribution in [2.45, 2.75) is 75.9 Å². The fourth-order valence-corrected chi connectivity index (χ4v) is 5.91. The molecule has 0 aliphatic carbocycles. The van der Waals surface area contributed by atoms with E-state index in [2.05, 4.69) is 5.32 Å². The van der Waals surface area contributed by atoms with Crippen molar-refractivity contribution in [3.63, 3.8) is 0 Å². The molecule has 35 heavy (non-hydrogen) atoms. The molecule has 9 heteroatoms. The maximum atomic E-state index is 13.7. The molecule has 0 aromatic heterocycles. The highest BCUT2D eigenvalue weighted by atomic mass is 32.2. The third kappa shape index (κ3) is 5.58. The molecule has 0 saturated heterocycles. The number of alkyl halides is 3. The van der Waals surface area contributed by atoms with Crippen LogP contribution in [-0.2, 0) is 14.6 Å². The molecule has 1 atom stereocenters. The first kappa shape index (κ1) is 26.9. The van der Waals surface area contributed by atoms with Crippen LogP contribution in [0.5, 0.6) is 0 Å². The zero-order valence-corrected chi connectivity index (χ0v) is 21.5. The van der Waals surface area contributed by atoms with Crippen LogP contribution in [0.2, 0.25) is 0 Å². The number of rotatable bonds is 7. The first-order valence-corrected chi connectivity index (χ1v) is 13.1. The van der Waals surface area contributed by atoms with E-state index in [0.29, 0.717) is 29.8 Å². The molecule has 0 bridgehead atoms. The molecular formula is C26H32F3N3O2S. The van der Waals surface area contributed by atoms with Crippen LogP contribution in [0.4, 0.5) is 24.5 Å². The molecule has 1 aliphatic heterocycles. The van der Waals surface area contributed by atoms with Crippen molar-refractivity contribution in [1.29, 1.82) is 5.26 Å². The van der Waals surface area contributed by atoms with Crippen LogP contribution in [-0.4, -0.2) is 27.3 Å². The first-order valence-electron chi connectivity index (χ1n) is 11.6. The van der Waals surface area contributed by atoms with Crippen LogP contribution < -0.4 is 10.2 Å². The van der Waals surface area contributed by atoms with Gasteiger partial charge >= 0.3 is 6.18 Å². The molecule has 1 aliphatic rings. The predicted octanol–water partition coefficient (Wildman–Crippen LogP) is 6.60. The Morgan fingerprint density at radius 3 is 2.17 bits per heavy atom. The summed E-state index contributed by atoms with van der Waals surface area (Å²) >= 11 is 0. The zero-order chi connectivity index (χ0) is 26.2. The summed E-state index contributed by atoms with van der Waals surface area (Å²) in [7, 11) is -3.81. The molecule has 0 fully saturated rings. The molecule has 190 valence electrons. The summed E-state index contributed by atoms with van der Waals surface area (Å²) in [6.45, 7) is 9.80. The molecule has 2 aromatic carbocycles. The molecule has 2 aromatic rings. The highest BCUT2D eigenvalue weighted by Crippen LogP contribution is 2.44. The summed E-state index contributed by atoms with van der Waals surface area (Å²) in [4.78, 5) is 2.19. The molecule has 3 rings (SSSR count). The van der Waals surface area contributed by atoms with Crippen molar-refractivity contribution in [3.8, 4) is 6.07 Å². The Morgan fingerprint density at radius 2 is 1.63 bits per heavy atom. The molecular weight excluding hydrogens is 475 g/mol. The number of sulfone groups is 1. The monoisotopic (exact) mass is 507 g/mol. The second-order valence-corrected chi connectivity index (χ2v) is 13.1. The third-order valence-corrected chi connectivity index (χ3v) is 8.96. The largest absolute Gasteiger partial charge is 0.389 e. The second kappa shape index (κ2) is 9.38. The number of anilines is 2. The molecule has 0 saturated carbocycles. The van der Waals surface area contributed by atoms with Crippen LogP contribution in [0, 0.1) is 16.7 Å². The van der Waals surface area contributed by atoms with Gasteiger partial charge in [-0.1, -0.05) is 32.9 Å². The van der Waals surface area contributed by atoms with E-state index in [1.165, 1.54) is 0 Å². The minimum Gasteiger partial charge on any atom is -0.363 e. The number of nitrogens with zero attached hydrogens (tertiary/aromatic N) is 2. The summed E-state index contributed by atoms with van der Waals surface area (Å²) in [6, 6.07) is 13.5. The third-order valence-electron chi connectivity index (χ3n) is 6.50. The summed E-state index contributed by atoms with van der Waals surface area (Å²) in [5, 5.41) is 12.4. The van der Waals surface area contributed by atoms with Crippen molar-refractivity contribution in [1.82, 2.24) is 0 Å². The van der Waals surface area contributed by atoms with Crippen molar-refractivity contribution in [3.05, 3.63) is 53.6 Å². The lowest BCUT2D eigenvalue weighted by Crippen LogP contribution is -2.45. The minimum absolute atomic E-state index is 0.0391. The smallest absolute Gasteiger partial charge is 0.363 e. The SMILES string of the molecule is CC(C)(C)C1Nc2cc(S(=O)(=O)C(C)(C)c3ccc(C#N)cc3)ccc2N1CCCCC(F)(F)F. The molecule has 0 spiro atoms. The van der Waals surface area contributed by atoms with Gasteiger partial charge in [0.15, 0.2) is 9.84 Å². The average molecular weight is 508 g/mol. The van der Waals surface area contributed by atoms with E-state index in [4.69, 9.17) is 5.26 Å². The summed E-state index contributed by atoms with van der Waals surface area (Å²) in [5.41, 5.74) is 2.21. The second-order valence-electron chi connectivity index (χ2n) is 10.6. The van der Waals surface area contributed by atoms with Gasteiger partial charge in [-0.2, -0.15) is 18.4 Å². The number of hydrogen-bond acceptors (Lipinski definition) is 5. The average Bonchev–Trinajstić information content (AvgIpc) is 3.14.